The number of nitrogens with zero attached hydrogens (tertiary/aromatic N) is 1. The normalized spacial score (nSPS) is 10.1. The van der Waals surface area contributed by atoms with Gasteiger partial charge in [0.15, 0.2) is 5.69 Å². The maximum atomic E-state index is 11.7. The highest BCUT2D eigenvalue weighted by atomic mass is 35.5. The lowest BCUT2D eigenvalue weighted by Gasteiger charge is -2.04. The predicted octanol–water partition coefficient (Wildman–Crippen LogP) is 2.39. The zero-order chi connectivity index (χ0) is 13.1. The van der Waals surface area contributed by atoms with Crippen molar-refractivity contribution in [1.29, 1.82) is 5.41 Å². The number of aromatic nitrogens is 1. The van der Waals surface area contributed by atoms with E-state index in [-0.39, 0.29) is 11.5 Å². The number of carbonyl (C=O) groups excluding carboxylic acids is 1. The summed E-state index contributed by atoms with van der Waals surface area (Å²) in [6.45, 7) is 1.69. The van der Waals surface area contributed by atoms with Gasteiger partial charge < -0.3 is 9.84 Å². The van der Waals surface area contributed by atoms with E-state index in [0.29, 0.717) is 16.3 Å². The standard InChI is InChI=1S/C12H10ClN3O2/c1-7-6-10(16-18-7)12(17)15-11(14)8-2-4-9(13)5-3-8/h2-6H,1H3,(H2,14,15,17). The summed E-state index contributed by atoms with van der Waals surface area (Å²) in [6.07, 6.45) is 0. The molecule has 0 unspecified atom stereocenters. The zero-order valence-corrected chi connectivity index (χ0v) is 10.3. The first-order valence-electron chi connectivity index (χ1n) is 5.15. The molecule has 0 bridgehead atoms. The van der Waals surface area contributed by atoms with Crippen LogP contribution in [0.4, 0.5) is 0 Å². The number of benzene rings is 1. The second-order valence-corrected chi connectivity index (χ2v) is 4.10. The molecule has 1 aromatic carbocycles. The zero-order valence-electron chi connectivity index (χ0n) is 9.53. The molecule has 1 amide bonds. The van der Waals surface area contributed by atoms with Crippen LogP contribution in [-0.2, 0) is 0 Å². The van der Waals surface area contributed by atoms with E-state index < -0.39 is 5.91 Å². The Balaban J connectivity index is 2.08. The molecule has 0 fully saturated rings. The van der Waals surface area contributed by atoms with Crippen LogP contribution in [0.5, 0.6) is 0 Å². The van der Waals surface area contributed by atoms with Crippen molar-refractivity contribution in [1.82, 2.24) is 10.5 Å². The van der Waals surface area contributed by atoms with Crippen molar-refractivity contribution in [3.05, 3.63) is 52.4 Å². The Morgan fingerprint density at radius 2 is 2.06 bits per heavy atom. The van der Waals surface area contributed by atoms with E-state index in [0.717, 1.165) is 0 Å². The summed E-state index contributed by atoms with van der Waals surface area (Å²) in [4.78, 5) is 11.7. The molecule has 0 saturated carbocycles. The topological polar surface area (TPSA) is 79.0 Å². The SMILES string of the molecule is Cc1cc(C(=O)NC(=N)c2ccc(Cl)cc2)no1. The van der Waals surface area contributed by atoms with Gasteiger partial charge in [0.1, 0.15) is 11.6 Å². The Morgan fingerprint density at radius 1 is 1.39 bits per heavy atom. The molecular formula is C12H10ClN3O2. The van der Waals surface area contributed by atoms with Crippen molar-refractivity contribution in [3.8, 4) is 0 Å². The molecule has 0 atom stereocenters. The van der Waals surface area contributed by atoms with E-state index in [1.807, 2.05) is 0 Å². The van der Waals surface area contributed by atoms with Crippen LogP contribution in [0.2, 0.25) is 5.02 Å². The Bertz CT molecular complexity index is 590. The molecule has 6 heteroatoms. The van der Waals surface area contributed by atoms with Gasteiger partial charge in [-0.15, -0.1) is 0 Å². The van der Waals surface area contributed by atoms with Gasteiger partial charge in [0, 0.05) is 16.7 Å². The summed E-state index contributed by atoms with van der Waals surface area (Å²) in [5.41, 5.74) is 0.708. The quantitative estimate of drug-likeness (QED) is 0.645. The molecular weight excluding hydrogens is 254 g/mol. The minimum atomic E-state index is -0.480. The molecule has 18 heavy (non-hydrogen) atoms. The van der Waals surface area contributed by atoms with Gasteiger partial charge in [-0.25, -0.2) is 0 Å². The molecule has 0 aliphatic carbocycles. The summed E-state index contributed by atoms with van der Waals surface area (Å²) in [5.74, 6) is 0.0438. The van der Waals surface area contributed by atoms with Gasteiger partial charge in [-0.2, -0.15) is 0 Å². The van der Waals surface area contributed by atoms with Gasteiger partial charge in [-0.05, 0) is 31.2 Å². The van der Waals surface area contributed by atoms with E-state index in [2.05, 4.69) is 10.5 Å². The fourth-order valence-corrected chi connectivity index (χ4v) is 1.47. The van der Waals surface area contributed by atoms with Crippen molar-refractivity contribution in [2.24, 2.45) is 0 Å². The monoisotopic (exact) mass is 263 g/mol. The van der Waals surface area contributed by atoms with Gasteiger partial charge in [0.05, 0.1) is 0 Å². The average Bonchev–Trinajstić information content (AvgIpc) is 2.76. The van der Waals surface area contributed by atoms with Crippen LogP contribution in [0, 0.1) is 12.3 Å². The molecule has 1 heterocycles. The summed E-state index contributed by atoms with van der Waals surface area (Å²) in [6, 6.07) is 8.11. The smallest absolute Gasteiger partial charge is 0.279 e. The third-order valence-corrected chi connectivity index (χ3v) is 2.48. The van der Waals surface area contributed by atoms with Crippen molar-refractivity contribution >= 4 is 23.3 Å². The largest absolute Gasteiger partial charge is 0.361 e. The van der Waals surface area contributed by atoms with Crippen LogP contribution in [-0.4, -0.2) is 16.9 Å². The van der Waals surface area contributed by atoms with Gasteiger partial charge in [0.25, 0.3) is 5.91 Å². The molecule has 92 valence electrons. The molecule has 0 aliphatic heterocycles. The Kier molecular flexibility index (Phi) is 3.43. The number of hydrogen-bond acceptors (Lipinski definition) is 4. The fourth-order valence-electron chi connectivity index (χ4n) is 1.34. The maximum Gasteiger partial charge on any atom is 0.279 e. The van der Waals surface area contributed by atoms with Crippen LogP contribution < -0.4 is 5.32 Å². The Labute approximate surface area is 108 Å². The molecule has 1 aromatic heterocycles. The summed E-state index contributed by atoms with van der Waals surface area (Å²) in [5, 5.41) is 14.3. The first-order chi connectivity index (χ1) is 8.56. The van der Waals surface area contributed by atoms with Crippen LogP contribution in [0.1, 0.15) is 21.8 Å². The lowest BCUT2D eigenvalue weighted by molar-refractivity contribution is 0.0968. The second-order valence-electron chi connectivity index (χ2n) is 3.66. The van der Waals surface area contributed by atoms with Crippen molar-refractivity contribution in [2.75, 3.05) is 0 Å². The highest BCUT2D eigenvalue weighted by molar-refractivity contribution is 6.30. The van der Waals surface area contributed by atoms with E-state index in [1.165, 1.54) is 6.07 Å². The summed E-state index contributed by atoms with van der Waals surface area (Å²) >= 11 is 5.74. The lowest BCUT2D eigenvalue weighted by atomic mass is 10.2. The minimum Gasteiger partial charge on any atom is -0.361 e. The molecule has 0 spiro atoms. The molecule has 0 aliphatic rings. The van der Waals surface area contributed by atoms with E-state index in [9.17, 15) is 4.79 Å². The second kappa shape index (κ2) is 5.01. The van der Waals surface area contributed by atoms with Crippen molar-refractivity contribution in [3.63, 3.8) is 0 Å². The molecule has 2 N–H and O–H groups in total. The van der Waals surface area contributed by atoms with Crippen LogP contribution in [0.3, 0.4) is 0 Å². The summed E-state index contributed by atoms with van der Waals surface area (Å²) in [7, 11) is 0. The number of amidine groups is 1. The number of rotatable bonds is 2. The third-order valence-electron chi connectivity index (χ3n) is 2.23. The van der Waals surface area contributed by atoms with E-state index in [1.54, 1.807) is 31.2 Å². The third kappa shape index (κ3) is 2.75. The number of halogens is 1. The fraction of sp³-hybridized carbons (Fsp3) is 0.0833. The van der Waals surface area contributed by atoms with E-state index >= 15 is 0 Å². The van der Waals surface area contributed by atoms with Crippen molar-refractivity contribution in [2.45, 2.75) is 6.92 Å². The van der Waals surface area contributed by atoms with Crippen LogP contribution in [0.25, 0.3) is 0 Å². The van der Waals surface area contributed by atoms with Gasteiger partial charge in [-0.1, -0.05) is 16.8 Å². The van der Waals surface area contributed by atoms with Gasteiger partial charge >= 0.3 is 0 Å². The number of aryl methyl sites for hydroxylation is 1. The van der Waals surface area contributed by atoms with Crippen LogP contribution >= 0.6 is 11.6 Å². The Morgan fingerprint density at radius 3 is 2.61 bits per heavy atom. The highest BCUT2D eigenvalue weighted by Gasteiger charge is 2.13. The first-order valence-corrected chi connectivity index (χ1v) is 5.53. The van der Waals surface area contributed by atoms with Gasteiger partial charge in [-0.3, -0.25) is 10.2 Å². The van der Waals surface area contributed by atoms with Gasteiger partial charge in [0.2, 0.25) is 0 Å². The highest BCUT2D eigenvalue weighted by Crippen LogP contribution is 2.09. The molecule has 2 rings (SSSR count). The lowest BCUT2D eigenvalue weighted by Crippen LogP contribution is -2.30. The van der Waals surface area contributed by atoms with E-state index in [4.69, 9.17) is 21.5 Å². The Hall–Kier alpha value is -2.14. The minimum absolute atomic E-state index is 0.0164. The number of carbonyl (C=O) groups is 1. The summed E-state index contributed by atoms with van der Waals surface area (Å²) < 4.78 is 4.79. The maximum absolute atomic E-state index is 11.7. The number of amides is 1. The molecule has 5 nitrogen and oxygen atoms in total. The van der Waals surface area contributed by atoms with Crippen LogP contribution in [0.15, 0.2) is 34.9 Å². The molecule has 2 aromatic rings. The number of hydrogen-bond donors (Lipinski definition) is 2. The number of nitrogens with one attached hydrogen (secondary N) is 2. The molecule has 0 radical (unpaired) electrons. The predicted molar refractivity (Wildman–Crippen MR) is 67.0 cm³/mol. The average molecular weight is 264 g/mol. The first kappa shape index (κ1) is 12.3. The molecule has 0 saturated heterocycles. The van der Waals surface area contributed by atoms with Crippen molar-refractivity contribution < 1.29 is 9.32 Å².